The summed E-state index contributed by atoms with van der Waals surface area (Å²) < 4.78 is 33.2. The number of piperazine rings is 1. The monoisotopic (exact) mass is 460 g/mol. The van der Waals surface area contributed by atoms with Gasteiger partial charge in [-0.3, -0.25) is 4.79 Å². The van der Waals surface area contributed by atoms with E-state index in [1.165, 1.54) is 26.0 Å². The molecule has 0 radical (unpaired) electrons. The van der Waals surface area contributed by atoms with Crippen LogP contribution in [0.15, 0.2) is 45.9 Å². The van der Waals surface area contributed by atoms with Gasteiger partial charge in [0.2, 0.25) is 5.09 Å². The van der Waals surface area contributed by atoms with Crippen LogP contribution < -0.4 is 11.1 Å². The normalized spacial score (nSPS) is 15.0. The molecule has 1 saturated heterocycles. The maximum Gasteiger partial charge on any atom is 0.321 e. The van der Waals surface area contributed by atoms with Gasteiger partial charge in [-0.2, -0.15) is 4.31 Å². The fourth-order valence-electron chi connectivity index (χ4n) is 3.26. The van der Waals surface area contributed by atoms with Crippen molar-refractivity contribution in [3.8, 4) is 11.4 Å². The first kappa shape index (κ1) is 21.5. The molecular formula is C18H20N8O5S. The number of nitrogens with one attached hydrogen (secondary N) is 1. The van der Waals surface area contributed by atoms with E-state index < -0.39 is 15.9 Å². The Morgan fingerprint density at radius 3 is 2.50 bits per heavy atom. The third kappa shape index (κ3) is 4.17. The van der Waals surface area contributed by atoms with Crippen LogP contribution in [0.2, 0.25) is 0 Å². The Hall–Kier alpha value is -3.78. The van der Waals surface area contributed by atoms with Crippen LogP contribution in [-0.4, -0.2) is 75.9 Å². The zero-order valence-electron chi connectivity index (χ0n) is 17.0. The summed E-state index contributed by atoms with van der Waals surface area (Å²) in [6.07, 6.45) is 0. The summed E-state index contributed by atoms with van der Waals surface area (Å²) >= 11 is 0. The number of benzene rings is 1. The maximum atomic E-state index is 12.7. The van der Waals surface area contributed by atoms with E-state index in [0.29, 0.717) is 11.5 Å². The van der Waals surface area contributed by atoms with Gasteiger partial charge in [0.25, 0.3) is 15.9 Å². The number of carbonyl (C=O) groups excluding carboxylic acids is 2. The Labute approximate surface area is 182 Å². The zero-order chi connectivity index (χ0) is 22.9. The number of aromatic nitrogens is 4. The number of amides is 3. The van der Waals surface area contributed by atoms with Crippen molar-refractivity contribution in [2.75, 3.05) is 31.5 Å². The number of nitrogens with two attached hydrogens (primary N) is 1. The third-order valence-electron chi connectivity index (χ3n) is 4.94. The maximum absolute atomic E-state index is 12.7. The summed E-state index contributed by atoms with van der Waals surface area (Å²) in [4.78, 5) is 25.3. The molecule has 3 aromatic rings. The minimum Gasteiger partial charge on any atom is -0.438 e. The number of nitrogens with zero attached hydrogens (tertiary/aromatic N) is 6. The number of rotatable bonds is 5. The summed E-state index contributed by atoms with van der Waals surface area (Å²) in [5.41, 5.74) is 6.40. The lowest BCUT2D eigenvalue weighted by Gasteiger charge is -2.33. The molecule has 3 amide bonds. The van der Waals surface area contributed by atoms with Crippen LogP contribution in [0.5, 0.6) is 0 Å². The van der Waals surface area contributed by atoms with E-state index in [2.05, 4.69) is 20.8 Å². The fraction of sp³-hybridized carbons (Fsp3) is 0.278. The van der Waals surface area contributed by atoms with Gasteiger partial charge in [0.1, 0.15) is 0 Å². The van der Waals surface area contributed by atoms with Gasteiger partial charge in [0.05, 0.1) is 0 Å². The minimum atomic E-state index is -3.94. The number of hydrogen-bond acceptors (Lipinski definition) is 8. The van der Waals surface area contributed by atoms with Crippen molar-refractivity contribution in [3.05, 3.63) is 42.2 Å². The van der Waals surface area contributed by atoms with E-state index >= 15 is 0 Å². The standard InChI is InChI=1S/C18H20N8O5S/c1-24-17(21-22-23-24)12-3-2-4-13(11-12)20-18(28)25-7-9-26(10-8-25)32(29,30)15-6-5-14(31-15)16(19)27/h2-6,11H,7-10H2,1H3,(H2,19,27)(H,20,28). The first-order valence-electron chi connectivity index (χ1n) is 9.54. The number of tetrazole rings is 1. The van der Waals surface area contributed by atoms with Crippen LogP contribution in [0.25, 0.3) is 11.4 Å². The molecular weight excluding hydrogens is 440 g/mol. The van der Waals surface area contributed by atoms with Crippen LogP contribution in [0.1, 0.15) is 10.6 Å². The molecule has 1 fully saturated rings. The molecule has 3 N–H and O–H groups in total. The smallest absolute Gasteiger partial charge is 0.321 e. The lowest BCUT2D eigenvalue weighted by atomic mass is 10.2. The van der Waals surface area contributed by atoms with Crippen molar-refractivity contribution in [3.63, 3.8) is 0 Å². The molecule has 4 rings (SSSR count). The topological polar surface area (TPSA) is 170 Å². The highest BCUT2D eigenvalue weighted by molar-refractivity contribution is 7.89. The summed E-state index contributed by atoms with van der Waals surface area (Å²) in [5, 5.41) is 13.8. The highest BCUT2D eigenvalue weighted by atomic mass is 32.2. The van der Waals surface area contributed by atoms with E-state index in [1.807, 2.05) is 6.07 Å². The van der Waals surface area contributed by atoms with Crippen molar-refractivity contribution in [1.29, 1.82) is 0 Å². The molecule has 32 heavy (non-hydrogen) atoms. The Kier molecular flexibility index (Phi) is 5.63. The number of aryl methyl sites for hydroxylation is 1. The number of hydrogen-bond donors (Lipinski definition) is 2. The second-order valence-corrected chi connectivity index (χ2v) is 8.88. The number of furan rings is 1. The van der Waals surface area contributed by atoms with Gasteiger partial charge >= 0.3 is 6.03 Å². The quantitative estimate of drug-likeness (QED) is 0.540. The van der Waals surface area contributed by atoms with E-state index in [9.17, 15) is 18.0 Å². The van der Waals surface area contributed by atoms with Gasteiger partial charge in [-0.05, 0) is 34.7 Å². The molecule has 0 spiro atoms. The van der Waals surface area contributed by atoms with Crippen molar-refractivity contribution in [2.24, 2.45) is 12.8 Å². The van der Waals surface area contributed by atoms with Gasteiger partial charge in [-0.25, -0.2) is 17.9 Å². The molecule has 1 aliphatic heterocycles. The van der Waals surface area contributed by atoms with Gasteiger partial charge < -0.3 is 20.4 Å². The summed E-state index contributed by atoms with van der Waals surface area (Å²) in [5.74, 6) is -0.536. The van der Waals surface area contributed by atoms with Gasteiger partial charge in [0, 0.05) is 44.5 Å². The second-order valence-electron chi connectivity index (χ2n) is 7.01. The van der Waals surface area contributed by atoms with Crippen molar-refractivity contribution in [2.45, 2.75) is 5.09 Å². The van der Waals surface area contributed by atoms with E-state index in [0.717, 1.165) is 5.56 Å². The second kappa shape index (κ2) is 8.39. The number of sulfonamides is 1. The van der Waals surface area contributed by atoms with Crippen LogP contribution >= 0.6 is 0 Å². The average Bonchev–Trinajstić information content (AvgIpc) is 3.44. The van der Waals surface area contributed by atoms with Crippen LogP contribution in [0.4, 0.5) is 10.5 Å². The Morgan fingerprint density at radius 1 is 1.12 bits per heavy atom. The van der Waals surface area contributed by atoms with Crippen molar-refractivity contribution < 1.29 is 22.4 Å². The molecule has 1 aromatic carbocycles. The van der Waals surface area contributed by atoms with E-state index in [4.69, 9.17) is 10.2 Å². The molecule has 0 saturated carbocycles. The first-order valence-corrected chi connectivity index (χ1v) is 11.0. The summed E-state index contributed by atoms with van der Waals surface area (Å²) in [6.45, 7) is 0.517. The Balaban J connectivity index is 1.38. The molecule has 0 unspecified atom stereocenters. The highest BCUT2D eigenvalue weighted by Crippen LogP contribution is 2.22. The SMILES string of the molecule is Cn1nnnc1-c1cccc(NC(=O)N2CCN(S(=O)(=O)c3ccc(C(N)=O)o3)CC2)c1. The molecule has 14 heteroatoms. The van der Waals surface area contributed by atoms with Gasteiger partial charge in [0.15, 0.2) is 11.6 Å². The van der Waals surface area contributed by atoms with Crippen LogP contribution in [0.3, 0.4) is 0 Å². The van der Waals surface area contributed by atoms with Gasteiger partial charge in [-0.15, -0.1) is 5.10 Å². The lowest BCUT2D eigenvalue weighted by molar-refractivity contribution is 0.0968. The Morgan fingerprint density at radius 2 is 1.88 bits per heavy atom. The zero-order valence-corrected chi connectivity index (χ0v) is 17.8. The fourth-order valence-corrected chi connectivity index (χ4v) is 4.60. The van der Waals surface area contributed by atoms with Gasteiger partial charge in [-0.1, -0.05) is 12.1 Å². The largest absolute Gasteiger partial charge is 0.438 e. The molecule has 168 valence electrons. The molecule has 0 bridgehead atoms. The molecule has 13 nitrogen and oxygen atoms in total. The van der Waals surface area contributed by atoms with Crippen molar-refractivity contribution >= 4 is 27.6 Å². The molecule has 1 aliphatic rings. The lowest BCUT2D eigenvalue weighted by Crippen LogP contribution is -2.51. The summed E-state index contributed by atoms with van der Waals surface area (Å²) in [6, 6.07) is 9.12. The minimum absolute atomic E-state index is 0.0764. The highest BCUT2D eigenvalue weighted by Gasteiger charge is 2.32. The number of urea groups is 1. The molecule has 3 heterocycles. The first-order chi connectivity index (χ1) is 15.3. The third-order valence-corrected chi connectivity index (χ3v) is 6.71. The van der Waals surface area contributed by atoms with E-state index in [1.54, 1.807) is 25.2 Å². The molecule has 0 atom stereocenters. The summed E-state index contributed by atoms with van der Waals surface area (Å²) in [7, 11) is -2.22. The predicted molar refractivity (Wildman–Crippen MR) is 111 cm³/mol. The molecule has 0 aliphatic carbocycles. The number of primary amides is 1. The number of anilines is 1. The number of carbonyl (C=O) groups is 2. The van der Waals surface area contributed by atoms with Crippen LogP contribution in [-0.2, 0) is 17.1 Å². The predicted octanol–water partition coefficient (Wildman–Crippen LogP) is 0.107. The average molecular weight is 460 g/mol. The molecule has 2 aromatic heterocycles. The van der Waals surface area contributed by atoms with Crippen molar-refractivity contribution in [1.82, 2.24) is 29.4 Å². The van der Waals surface area contributed by atoms with Crippen LogP contribution in [0, 0.1) is 0 Å². The van der Waals surface area contributed by atoms with E-state index in [-0.39, 0.29) is 43.1 Å². The Bertz CT molecular complexity index is 1260.